The van der Waals surface area contributed by atoms with E-state index in [1.165, 1.54) is 30.6 Å². The van der Waals surface area contributed by atoms with Crippen LogP contribution in [0.5, 0.6) is 0 Å². The molecule has 2 aliphatic carbocycles. The number of aliphatic hydroxyl groups excluding tert-OH is 1. The van der Waals surface area contributed by atoms with Crippen LogP contribution in [0.1, 0.15) is 43.0 Å². The van der Waals surface area contributed by atoms with Crippen molar-refractivity contribution < 1.29 is 13.5 Å². The molecule has 0 saturated heterocycles. The molecule has 2 fully saturated rings. The number of rotatable bonds is 5. The van der Waals surface area contributed by atoms with Crippen LogP contribution in [0.15, 0.2) is 10.3 Å². The van der Waals surface area contributed by atoms with Gasteiger partial charge in [-0.2, -0.15) is 0 Å². The first-order chi connectivity index (χ1) is 9.92. The molecule has 2 N–H and O–H groups in total. The Balaban J connectivity index is 1.78. The lowest BCUT2D eigenvalue weighted by Gasteiger charge is -2.28. The summed E-state index contributed by atoms with van der Waals surface area (Å²) < 4.78 is 28.2. The van der Waals surface area contributed by atoms with E-state index < -0.39 is 10.0 Å². The van der Waals surface area contributed by atoms with E-state index in [9.17, 15) is 13.5 Å². The minimum absolute atomic E-state index is 0.0313. The molecule has 0 aliphatic heterocycles. The highest BCUT2D eigenvalue weighted by Crippen LogP contribution is 2.49. The highest BCUT2D eigenvalue weighted by molar-refractivity contribution is 7.89. The highest BCUT2D eigenvalue weighted by Gasteiger charge is 2.42. The van der Waals surface area contributed by atoms with Gasteiger partial charge in [0.15, 0.2) is 0 Å². The fraction of sp³-hybridized carbons (Fsp3) is 0.733. The lowest BCUT2D eigenvalue weighted by Crippen LogP contribution is -2.40. The Hall–Kier alpha value is -0.430. The van der Waals surface area contributed by atoms with Gasteiger partial charge in [0.25, 0.3) is 0 Å². The maximum Gasteiger partial charge on any atom is 0.242 e. The van der Waals surface area contributed by atoms with Crippen LogP contribution < -0.4 is 4.72 Å². The van der Waals surface area contributed by atoms with Crippen molar-refractivity contribution in [3.05, 3.63) is 15.8 Å². The van der Waals surface area contributed by atoms with Crippen molar-refractivity contribution >= 4 is 21.4 Å². The van der Waals surface area contributed by atoms with E-state index in [2.05, 4.69) is 4.72 Å². The molecule has 0 amide bonds. The van der Waals surface area contributed by atoms with Crippen LogP contribution >= 0.6 is 11.3 Å². The summed E-state index contributed by atoms with van der Waals surface area (Å²) in [5, 5.41) is 11.1. The number of hydrogen-bond acceptors (Lipinski definition) is 4. The topological polar surface area (TPSA) is 66.4 Å². The van der Waals surface area contributed by atoms with Gasteiger partial charge in [0.05, 0.1) is 11.5 Å². The third kappa shape index (κ3) is 2.79. The molecule has 4 nitrogen and oxygen atoms in total. The van der Waals surface area contributed by atoms with Crippen molar-refractivity contribution in [3.63, 3.8) is 0 Å². The zero-order valence-electron chi connectivity index (χ0n) is 12.5. The maximum atomic E-state index is 12.7. The van der Waals surface area contributed by atoms with Crippen LogP contribution in [0.4, 0.5) is 0 Å². The smallest absolute Gasteiger partial charge is 0.242 e. The molecule has 2 bridgehead atoms. The number of hydrogen-bond donors (Lipinski definition) is 2. The predicted octanol–water partition coefficient (Wildman–Crippen LogP) is 2.65. The minimum atomic E-state index is -3.54. The van der Waals surface area contributed by atoms with E-state index >= 15 is 0 Å². The zero-order chi connectivity index (χ0) is 15.2. The Labute approximate surface area is 130 Å². The van der Waals surface area contributed by atoms with Crippen molar-refractivity contribution in [3.8, 4) is 0 Å². The Morgan fingerprint density at radius 2 is 2.19 bits per heavy atom. The normalized spacial score (nSPS) is 30.0. The first-order valence-corrected chi connectivity index (χ1v) is 9.98. The molecule has 1 aromatic rings. The summed E-state index contributed by atoms with van der Waals surface area (Å²) in [7, 11) is -3.54. The monoisotopic (exact) mass is 329 g/mol. The van der Waals surface area contributed by atoms with Crippen LogP contribution in [0, 0.1) is 24.7 Å². The maximum absolute atomic E-state index is 12.7. The van der Waals surface area contributed by atoms with Crippen LogP contribution in [0.2, 0.25) is 0 Å². The van der Waals surface area contributed by atoms with Crippen molar-refractivity contribution in [2.24, 2.45) is 17.8 Å². The number of fused-ring (bicyclic) bond motifs is 2. The number of nitrogens with one attached hydrogen (secondary N) is 1. The summed E-state index contributed by atoms with van der Waals surface area (Å²) in [5.74, 6) is 1.96. The molecular weight excluding hydrogens is 306 g/mol. The summed E-state index contributed by atoms with van der Waals surface area (Å²) in [6.45, 7) is 3.55. The quantitative estimate of drug-likeness (QED) is 0.873. The van der Waals surface area contributed by atoms with E-state index in [1.54, 1.807) is 12.3 Å². The zero-order valence-corrected chi connectivity index (χ0v) is 14.1. The van der Waals surface area contributed by atoms with Crippen LogP contribution in [0.25, 0.3) is 0 Å². The molecule has 118 valence electrons. The van der Waals surface area contributed by atoms with Gasteiger partial charge in [0.2, 0.25) is 10.0 Å². The van der Waals surface area contributed by atoms with Gasteiger partial charge in [0, 0.05) is 6.04 Å². The number of thiophene rings is 1. The molecule has 1 heterocycles. The molecule has 1 aromatic heterocycles. The molecular formula is C15H23NO3S2. The molecule has 0 spiro atoms. The highest BCUT2D eigenvalue weighted by atomic mass is 32.2. The number of sulfonamides is 1. The second-order valence-corrected chi connectivity index (χ2v) is 9.19. The third-order valence-corrected chi connectivity index (χ3v) is 8.18. The van der Waals surface area contributed by atoms with Crippen LogP contribution in [-0.4, -0.2) is 19.6 Å². The van der Waals surface area contributed by atoms with Gasteiger partial charge in [0.1, 0.15) is 4.90 Å². The lowest BCUT2D eigenvalue weighted by molar-refractivity contribution is 0.278. The van der Waals surface area contributed by atoms with Crippen molar-refractivity contribution in [1.29, 1.82) is 0 Å². The summed E-state index contributed by atoms with van der Waals surface area (Å²) in [6, 6.07) is -0.0313. The van der Waals surface area contributed by atoms with Gasteiger partial charge < -0.3 is 5.11 Å². The van der Waals surface area contributed by atoms with E-state index in [4.69, 9.17) is 0 Å². The summed E-state index contributed by atoms with van der Waals surface area (Å²) in [5.41, 5.74) is 0.719. The molecule has 2 aliphatic rings. The van der Waals surface area contributed by atoms with E-state index in [0.717, 1.165) is 17.9 Å². The Morgan fingerprint density at radius 3 is 2.76 bits per heavy atom. The molecule has 4 atom stereocenters. The Morgan fingerprint density at radius 1 is 1.43 bits per heavy atom. The Bertz CT molecular complexity index is 623. The summed E-state index contributed by atoms with van der Waals surface area (Å²) in [4.78, 5) is 0.810. The summed E-state index contributed by atoms with van der Waals surface area (Å²) in [6.07, 6.45) is 5.00. The number of aryl methyl sites for hydroxylation is 1. The van der Waals surface area contributed by atoms with Gasteiger partial charge in [-0.3, -0.25) is 0 Å². The average Bonchev–Trinajstić information content (AvgIpc) is 3.11. The SMILES string of the molecule is Cc1csc(CO)c1S(=O)(=O)NC(C)C1CC2CCC1C2. The largest absolute Gasteiger partial charge is 0.391 e. The van der Waals surface area contributed by atoms with Gasteiger partial charge in [-0.05, 0) is 61.8 Å². The van der Waals surface area contributed by atoms with E-state index in [-0.39, 0.29) is 17.5 Å². The first kappa shape index (κ1) is 15.5. The average molecular weight is 329 g/mol. The fourth-order valence-electron chi connectivity index (χ4n) is 4.25. The summed E-state index contributed by atoms with van der Waals surface area (Å²) >= 11 is 1.31. The van der Waals surface area contributed by atoms with Crippen LogP contribution in [0.3, 0.4) is 0 Å². The molecule has 3 rings (SSSR count). The number of aliphatic hydroxyl groups is 1. The molecule has 2 saturated carbocycles. The van der Waals surface area contributed by atoms with Gasteiger partial charge in [-0.15, -0.1) is 11.3 Å². The van der Waals surface area contributed by atoms with Gasteiger partial charge in [-0.1, -0.05) is 6.42 Å². The lowest BCUT2D eigenvalue weighted by atomic mass is 9.84. The van der Waals surface area contributed by atoms with Crippen molar-refractivity contribution in [2.75, 3.05) is 0 Å². The second-order valence-electron chi connectivity index (χ2n) is 6.58. The van der Waals surface area contributed by atoms with E-state index in [1.807, 2.05) is 6.92 Å². The molecule has 4 unspecified atom stereocenters. The molecule has 0 aromatic carbocycles. The second kappa shape index (κ2) is 5.65. The third-order valence-electron chi connectivity index (χ3n) is 5.18. The fourth-order valence-corrected chi connectivity index (χ4v) is 7.21. The van der Waals surface area contributed by atoms with Crippen LogP contribution in [-0.2, 0) is 16.6 Å². The first-order valence-electron chi connectivity index (χ1n) is 7.62. The molecule has 6 heteroatoms. The standard InChI is InChI=1S/C15H23NO3S2/c1-9-8-20-14(7-17)15(9)21(18,19)16-10(2)13-6-11-3-4-12(13)5-11/h8,10-13,16-17H,3-7H2,1-2H3. The minimum Gasteiger partial charge on any atom is -0.391 e. The van der Waals surface area contributed by atoms with Gasteiger partial charge in [-0.25, -0.2) is 13.1 Å². The predicted molar refractivity (Wildman–Crippen MR) is 83.7 cm³/mol. The molecule has 21 heavy (non-hydrogen) atoms. The van der Waals surface area contributed by atoms with Gasteiger partial charge >= 0.3 is 0 Å². The molecule has 0 radical (unpaired) electrons. The van der Waals surface area contributed by atoms with Crippen molar-refractivity contribution in [1.82, 2.24) is 4.72 Å². The van der Waals surface area contributed by atoms with E-state index in [0.29, 0.717) is 16.7 Å². The van der Waals surface area contributed by atoms with Crippen molar-refractivity contribution in [2.45, 2.75) is 57.1 Å². The Kier molecular flexibility index (Phi) is 4.16.